The predicted molar refractivity (Wildman–Crippen MR) is 72.9 cm³/mol. The highest BCUT2D eigenvalue weighted by atomic mass is 16.5. The normalized spacial score (nSPS) is 18.3. The second kappa shape index (κ2) is 5.53. The van der Waals surface area contributed by atoms with Crippen LogP contribution >= 0.6 is 0 Å². The Labute approximate surface area is 113 Å². The van der Waals surface area contributed by atoms with Crippen LogP contribution in [0, 0.1) is 0 Å². The molecule has 1 aliphatic carbocycles. The molecule has 1 aromatic carbocycles. The lowest BCUT2D eigenvalue weighted by Crippen LogP contribution is -2.14. The number of aromatic nitrogens is 2. The summed E-state index contributed by atoms with van der Waals surface area (Å²) in [6, 6.07) is 8.59. The molecular weight excluding hydrogens is 238 g/mol. The van der Waals surface area contributed by atoms with E-state index in [4.69, 9.17) is 4.52 Å². The molecule has 0 saturated heterocycles. The van der Waals surface area contributed by atoms with Crippen molar-refractivity contribution in [2.45, 2.75) is 38.6 Å². The van der Waals surface area contributed by atoms with Crippen molar-refractivity contribution in [3.05, 3.63) is 47.1 Å². The molecule has 0 saturated carbocycles. The largest absolute Gasteiger partial charge is 0.339 e. The minimum absolute atomic E-state index is 0.271. The Morgan fingerprint density at radius 3 is 3.16 bits per heavy atom. The fourth-order valence-electron chi connectivity index (χ4n) is 2.73. The van der Waals surface area contributed by atoms with Gasteiger partial charge in [-0.05, 0) is 36.9 Å². The van der Waals surface area contributed by atoms with Gasteiger partial charge in [-0.15, -0.1) is 0 Å². The molecule has 0 bridgehead atoms. The zero-order chi connectivity index (χ0) is 13.1. The zero-order valence-corrected chi connectivity index (χ0v) is 11.2. The molecule has 4 heteroatoms. The number of nitrogens with zero attached hydrogens (tertiary/aromatic N) is 2. The van der Waals surface area contributed by atoms with Crippen molar-refractivity contribution in [1.29, 1.82) is 0 Å². The number of rotatable bonds is 4. The van der Waals surface area contributed by atoms with Gasteiger partial charge in [0.1, 0.15) is 0 Å². The van der Waals surface area contributed by atoms with Gasteiger partial charge in [0.15, 0.2) is 5.82 Å². The molecule has 1 N–H and O–H groups in total. The second-order valence-corrected chi connectivity index (χ2v) is 4.97. The number of nitrogens with one attached hydrogen (secondary N) is 1. The summed E-state index contributed by atoms with van der Waals surface area (Å²) in [5, 5.41) is 7.27. The van der Waals surface area contributed by atoms with Gasteiger partial charge in [0, 0.05) is 0 Å². The lowest BCUT2D eigenvalue weighted by molar-refractivity contribution is 0.349. The Bertz CT molecular complexity index is 550. The van der Waals surface area contributed by atoms with Gasteiger partial charge >= 0.3 is 0 Å². The van der Waals surface area contributed by atoms with Crippen molar-refractivity contribution in [2.24, 2.45) is 0 Å². The van der Waals surface area contributed by atoms with Crippen LogP contribution in [0.15, 0.2) is 28.8 Å². The SMILES string of the molecule is CCNCc1noc(C2CCCc3ccccc32)n1. The van der Waals surface area contributed by atoms with E-state index in [0.717, 1.165) is 31.1 Å². The third-order valence-electron chi connectivity index (χ3n) is 3.68. The van der Waals surface area contributed by atoms with E-state index in [-0.39, 0.29) is 5.92 Å². The average Bonchev–Trinajstić information content (AvgIpc) is 2.93. The maximum absolute atomic E-state index is 5.46. The van der Waals surface area contributed by atoms with Gasteiger partial charge in [-0.3, -0.25) is 0 Å². The quantitative estimate of drug-likeness (QED) is 0.914. The maximum atomic E-state index is 5.46. The lowest BCUT2D eigenvalue weighted by Gasteiger charge is -2.22. The summed E-state index contributed by atoms with van der Waals surface area (Å²) < 4.78 is 5.46. The third-order valence-corrected chi connectivity index (χ3v) is 3.68. The third kappa shape index (κ3) is 2.54. The van der Waals surface area contributed by atoms with Crippen molar-refractivity contribution >= 4 is 0 Å². The van der Waals surface area contributed by atoms with Crippen molar-refractivity contribution in [3.63, 3.8) is 0 Å². The molecule has 1 heterocycles. The van der Waals surface area contributed by atoms with Crippen molar-refractivity contribution < 1.29 is 4.52 Å². The first-order chi connectivity index (χ1) is 9.38. The molecule has 1 aliphatic rings. The van der Waals surface area contributed by atoms with Crippen LogP contribution in [0.3, 0.4) is 0 Å². The number of benzene rings is 1. The van der Waals surface area contributed by atoms with Crippen LogP contribution in [0.5, 0.6) is 0 Å². The molecule has 100 valence electrons. The molecule has 4 nitrogen and oxygen atoms in total. The topological polar surface area (TPSA) is 51.0 Å². The highest BCUT2D eigenvalue weighted by molar-refractivity contribution is 5.35. The summed E-state index contributed by atoms with van der Waals surface area (Å²) in [4.78, 5) is 4.53. The van der Waals surface area contributed by atoms with Crippen LogP contribution in [0.25, 0.3) is 0 Å². The van der Waals surface area contributed by atoms with Gasteiger partial charge in [0.05, 0.1) is 12.5 Å². The summed E-state index contributed by atoms with van der Waals surface area (Å²) >= 11 is 0. The van der Waals surface area contributed by atoms with Crippen LogP contribution in [-0.2, 0) is 13.0 Å². The van der Waals surface area contributed by atoms with Crippen LogP contribution in [0.2, 0.25) is 0 Å². The molecule has 0 fully saturated rings. The first-order valence-electron chi connectivity index (χ1n) is 6.99. The second-order valence-electron chi connectivity index (χ2n) is 4.97. The molecule has 0 spiro atoms. The van der Waals surface area contributed by atoms with Crippen molar-refractivity contribution in [2.75, 3.05) is 6.54 Å². The highest BCUT2D eigenvalue weighted by Gasteiger charge is 2.26. The van der Waals surface area contributed by atoms with Crippen LogP contribution in [0.1, 0.15) is 48.5 Å². The molecule has 1 atom stereocenters. The molecule has 2 aromatic rings. The summed E-state index contributed by atoms with van der Waals surface area (Å²) in [6.45, 7) is 3.66. The van der Waals surface area contributed by atoms with Gasteiger partial charge in [0.25, 0.3) is 0 Å². The van der Waals surface area contributed by atoms with Crippen molar-refractivity contribution in [3.8, 4) is 0 Å². The smallest absolute Gasteiger partial charge is 0.234 e. The minimum atomic E-state index is 0.271. The fraction of sp³-hybridized carbons (Fsp3) is 0.467. The van der Waals surface area contributed by atoms with Gasteiger partial charge in [0.2, 0.25) is 5.89 Å². The lowest BCUT2D eigenvalue weighted by atomic mass is 9.83. The summed E-state index contributed by atoms with van der Waals surface area (Å²) in [5.41, 5.74) is 2.78. The Hall–Kier alpha value is -1.68. The Kier molecular flexibility index (Phi) is 3.60. The summed E-state index contributed by atoms with van der Waals surface area (Å²) in [5.74, 6) is 1.78. The molecule has 0 aliphatic heterocycles. The molecule has 19 heavy (non-hydrogen) atoms. The predicted octanol–water partition coefficient (Wildman–Crippen LogP) is 2.65. The Morgan fingerprint density at radius 1 is 1.37 bits per heavy atom. The molecule has 0 radical (unpaired) electrons. The summed E-state index contributed by atoms with van der Waals surface area (Å²) in [7, 11) is 0. The van der Waals surface area contributed by atoms with Crippen molar-refractivity contribution in [1.82, 2.24) is 15.5 Å². The monoisotopic (exact) mass is 257 g/mol. The summed E-state index contributed by atoms with van der Waals surface area (Å²) in [6.07, 6.45) is 3.44. The van der Waals surface area contributed by atoms with E-state index in [2.05, 4.69) is 46.6 Å². The van der Waals surface area contributed by atoms with E-state index >= 15 is 0 Å². The Morgan fingerprint density at radius 2 is 2.26 bits per heavy atom. The van der Waals surface area contributed by atoms with Gasteiger partial charge < -0.3 is 9.84 Å². The van der Waals surface area contributed by atoms with Crippen LogP contribution in [-0.4, -0.2) is 16.7 Å². The average molecular weight is 257 g/mol. The van der Waals surface area contributed by atoms with E-state index < -0.39 is 0 Å². The van der Waals surface area contributed by atoms with E-state index in [1.807, 2.05) is 0 Å². The highest BCUT2D eigenvalue weighted by Crippen LogP contribution is 2.35. The van der Waals surface area contributed by atoms with Gasteiger partial charge in [-0.25, -0.2) is 0 Å². The number of fused-ring (bicyclic) bond motifs is 1. The molecule has 0 amide bonds. The molecule has 1 aromatic heterocycles. The first kappa shape index (κ1) is 12.4. The number of aryl methyl sites for hydroxylation is 1. The van der Waals surface area contributed by atoms with E-state index in [1.54, 1.807) is 0 Å². The number of hydrogen-bond acceptors (Lipinski definition) is 4. The van der Waals surface area contributed by atoms with E-state index in [0.29, 0.717) is 6.54 Å². The maximum Gasteiger partial charge on any atom is 0.234 e. The minimum Gasteiger partial charge on any atom is -0.339 e. The molecule has 1 unspecified atom stereocenters. The fourth-order valence-corrected chi connectivity index (χ4v) is 2.73. The first-order valence-corrected chi connectivity index (χ1v) is 6.99. The van der Waals surface area contributed by atoms with Crippen LogP contribution in [0.4, 0.5) is 0 Å². The molecular formula is C15H19N3O. The van der Waals surface area contributed by atoms with Gasteiger partial charge in [-0.1, -0.05) is 36.3 Å². The van der Waals surface area contributed by atoms with E-state index in [9.17, 15) is 0 Å². The zero-order valence-electron chi connectivity index (χ0n) is 11.2. The standard InChI is InChI=1S/C15H19N3O/c1-2-16-10-14-17-15(19-18-14)13-9-5-7-11-6-3-4-8-12(11)13/h3-4,6,8,13,16H,2,5,7,9-10H2,1H3. The van der Waals surface area contributed by atoms with E-state index in [1.165, 1.54) is 17.5 Å². The van der Waals surface area contributed by atoms with Gasteiger partial charge in [-0.2, -0.15) is 4.98 Å². The molecule has 3 rings (SSSR count). The number of hydrogen-bond donors (Lipinski definition) is 1. The Balaban J connectivity index is 1.85. The van der Waals surface area contributed by atoms with Crippen LogP contribution < -0.4 is 5.32 Å².